The number of hydrogen-bond acceptors (Lipinski definition) is 5. The summed E-state index contributed by atoms with van der Waals surface area (Å²) >= 11 is 6.05. The Hall–Kier alpha value is -2.78. The lowest BCUT2D eigenvalue weighted by atomic mass is 10.1. The quantitative estimate of drug-likeness (QED) is 0.682. The van der Waals surface area contributed by atoms with Crippen molar-refractivity contribution in [2.24, 2.45) is 0 Å². The molecule has 0 atom stereocenters. The molecule has 1 heterocycles. The number of benzene rings is 2. The first-order chi connectivity index (χ1) is 14.6. The van der Waals surface area contributed by atoms with Gasteiger partial charge >= 0.3 is 0 Å². The smallest absolute Gasteiger partial charge is 0.251 e. The van der Waals surface area contributed by atoms with Crippen molar-refractivity contribution >= 4 is 44.8 Å². The summed E-state index contributed by atoms with van der Waals surface area (Å²) < 4.78 is 25.4. The summed E-state index contributed by atoms with van der Waals surface area (Å²) in [5.41, 5.74) is 2.32. The van der Waals surface area contributed by atoms with Crippen LogP contribution in [0.15, 0.2) is 42.5 Å². The Morgan fingerprint density at radius 3 is 2.42 bits per heavy atom. The highest BCUT2D eigenvalue weighted by molar-refractivity contribution is 7.92. The van der Waals surface area contributed by atoms with Gasteiger partial charge in [0.25, 0.3) is 5.91 Å². The maximum Gasteiger partial charge on any atom is 0.251 e. The number of amides is 2. The number of sulfonamides is 1. The lowest BCUT2D eigenvalue weighted by Gasteiger charge is -2.36. The van der Waals surface area contributed by atoms with Gasteiger partial charge in [-0.05, 0) is 42.8 Å². The summed E-state index contributed by atoms with van der Waals surface area (Å²) in [5.74, 6) is -0.608. The van der Waals surface area contributed by atoms with E-state index in [2.05, 4.69) is 14.9 Å². The second kappa shape index (κ2) is 9.57. The van der Waals surface area contributed by atoms with E-state index < -0.39 is 15.9 Å². The molecule has 0 aromatic heterocycles. The molecule has 1 aliphatic rings. The number of nitrogens with zero attached hydrogens (tertiary/aromatic N) is 2. The normalized spacial score (nSPS) is 14.3. The standard InChI is InChI=1S/C21H25ClN4O4S/c1-15-6-7-16(12-19(15)24-31(2,29)30)21(28)23-14-20(27)26-10-8-25(9-11-26)18-5-3-4-17(22)13-18/h3-7,12-13,24H,8-11,14H2,1-2H3,(H,23,28). The largest absolute Gasteiger partial charge is 0.368 e. The van der Waals surface area contributed by atoms with Crippen molar-refractivity contribution in [3.63, 3.8) is 0 Å². The van der Waals surface area contributed by atoms with Gasteiger partial charge < -0.3 is 15.1 Å². The van der Waals surface area contributed by atoms with E-state index in [1.165, 1.54) is 6.07 Å². The molecule has 0 spiro atoms. The Morgan fingerprint density at radius 2 is 1.77 bits per heavy atom. The van der Waals surface area contributed by atoms with E-state index in [0.717, 1.165) is 11.9 Å². The van der Waals surface area contributed by atoms with Crippen molar-refractivity contribution in [3.05, 3.63) is 58.6 Å². The van der Waals surface area contributed by atoms with E-state index >= 15 is 0 Å². The number of halogens is 1. The predicted octanol–water partition coefficient (Wildman–Crippen LogP) is 2.10. The molecule has 2 aromatic carbocycles. The minimum Gasteiger partial charge on any atom is -0.368 e. The van der Waals surface area contributed by atoms with Crippen LogP contribution in [0, 0.1) is 6.92 Å². The molecule has 0 unspecified atom stereocenters. The molecule has 31 heavy (non-hydrogen) atoms. The third kappa shape index (κ3) is 6.35. The van der Waals surface area contributed by atoms with Gasteiger partial charge in [0.05, 0.1) is 18.5 Å². The number of rotatable bonds is 6. The molecular formula is C21H25ClN4O4S. The fourth-order valence-electron chi connectivity index (χ4n) is 3.33. The Balaban J connectivity index is 1.53. The van der Waals surface area contributed by atoms with Crippen LogP contribution in [-0.4, -0.2) is 64.1 Å². The average molecular weight is 465 g/mol. The molecule has 2 aromatic rings. The highest BCUT2D eigenvalue weighted by atomic mass is 35.5. The monoisotopic (exact) mass is 464 g/mol. The molecule has 166 valence electrons. The van der Waals surface area contributed by atoms with E-state index in [1.807, 2.05) is 24.3 Å². The summed E-state index contributed by atoms with van der Waals surface area (Å²) in [7, 11) is -3.46. The van der Waals surface area contributed by atoms with E-state index in [0.29, 0.717) is 42.5 Å². The third-order valence-electron chi connectivity index (χ3n) is 5.00. The number of anilines is 2. The fraction of sp³-hybridized carbons (Fsp3) is 0.333. The Morgan fingerprint density at radius 1 is 1.06 bits per heavy atom. The topological polar surface area (TPSA) is 98.8 Å². The maximum atomic E-state index is 12.5. The van der Waals surface area contributed by atoms with Gasteiger partial charge in [0.1, 0.15) is 0 Å². The van der Waals surface area contributed by atoms with Crippen molar-refractivity contribution in [3.8, 4) is 0 Å². The molecule has 0 radical (unpaired) electrons. The number of carbonyl (C=O) groups excluding carboxylic acids is 2. The van der Waals surface area contributed by atoms with Crippen LogP contribution in [0.5, 0.6) is 0 Å². The maximum absolute atomic E-state index is 12.5. The van der Waals surface area contributed by atoms with Gasteiger partial charge in [0.2, 0.25) is 15.9 Å². The predicted molar refractivity (Wildman–Crippen MR) is 122 cm³/mol. The molecule has 0 aliphatic carbocycles. The molecule has 1 saturated heterocycles. The van der Waals surface area contributed by atoms with Crippen LogP contribution in [0.3, 0.4) is 0 Å². The minimum atomic E-state index is -3.46. The molecule has 8 nitrogen and oxygen atoms in total. The lowest BCUT2D eigenvalue weighted by Crippen LogP contribution is -2.51. The van der Waals surface area contributed by atoms with Gasteiger partial charge in [0.15, 0.2) is 0 Å². The SMILES string of the molecule is Cc1ccc(C(=O)NCC(=O)N2CCN(c3cccc(Cl)c3)CC2)cc1NS(C)(=O)=O. The zero-order valence-electron chi connectivity index (χ0n) is 17.4. The summed E-state index contributed by atoms with van der Waals surface area (Å²) in [4.78, 5) is 28.8. The Kier molecular flexibility index (Phi) is 7.07. The zero-order chi connectivity index (χ0) is 22.6. The van der Waals surface area contributed by atoms with Crippen LogP contribution in [-0.2, 0) is 14.8 Å². The number of nitrogens with one attached hydrogen (secondary N) is 2. The first-order valence-corrected chi connectivity index (χ1v) is 12.0. The number of hydrogen-bond donors (Lipinski definition) is 2. The van der Waals surface area contributed by atoms with Gasteiger partial charge in [-0.1, -0.05) is 23.7 Å². The van der Waals surface area contributed by atoms with Crippen molar-refractivity contribution in [2.45, 2.75) is 6.92 Å². The second-order valence-electron chi connectivity index (χ2n) is 7.43. The van der Waals surface area contributed by atoms with E-state index in [-0.39, 0.29) is 18.0 Å². The van der Waals surface area contributed by atoms with Gasteiger partial charge in [0, 0.05) is 42.5 Å². The van der Waals surface area contributed by atoms with Crippen molar-refractivity contribution in [2.75, 3.05) is 48.6 Å². The number of aryl methyl sites for hydroxylation is 1. The van der Waals surface area contributed by atoms with Crippen LogP contribution in [0.1, 0.15) is 15.9 Å². The van der Waals surface area contributed by atoms with Crippen molar-refractivity contribution in [1.29, 1.82) is 0 Å². The van der Waals surface area contributed by atoms with Gasteiger partial charge in [-0.3, -0.25) is 14.3 Å². The number of carbonyl (C=O) groups is 2. The molecule has 2 N–H and O–H groups in total. The van der Waals surface area contributed by atoms with Crippen LogP contribution >= 0.6 is 11.6 Å². The zero-order valence-corrected chi connectivity index (χ0v) is 19.0. The summed E-state index contributed by atoms with van der Waals surface area (Å²) in [5, 5.41) is 3.29. The molecule has 3 rings (SSSR count). The van der Waals surface area contributed by atoms with E-state index in [4.69, 9.17) is 11.6 Å². The van der Waals surface area contributed by atoms with Crippen molar-refractivity contribution < 1.29 is 18.0 Å². The molecule has 0 saturated carbocycles. The molecule has 2 amide bonds. The molecule has 0 bridgehead atoms. The second-order valence-corrected chi connectivity index (χ2v) is 9.62. The Bertz CT molecular complexity index is 1080. The molecule has 10 heteroatoms. The Labute approximate surface area is 187 Å². The highest BCUT2D eigenvalue weighted by Gasteiger charge is 2.22. The lowest BCUT2D eigenvalue weighted by molar-refractivity contribution is -0.130. The van der Waals surface area contributed by atoms with Crippen LogP contribution in [0.25, 0.3) is 0 Å². The highest BCUT2D eigenvalue weighted by Crippen LogP contribution is 2.21. The molecule has 1 aliphatic heterocycles. The molecular weight excluding hydrogens is 440 g/mol. The van der Waals surface area contributed by atoms with Crippen molar-refractivity contribution in [1.82, 2.24) is 10.2 Å². The van der Waals surface area contributed by atoms with Gasteiger partial charge in [-0.25, -0.2) is 8.42 Å². The van der Waals surface area contributed by atoms with Gasteiger partial charge in [-0.2, -0.15) is 0 Å². The van der Waals surface area contributed by atoms with E-state index in [9.17, 15) is 18.0 Å². The van der Waals surface area contributed by atoms with Crippen LogP contribution in [0.2, 0.25) is 5.02 Å². The summed E-state index contributed by atoms with van der Waals surface area (Å²) in [6.45, 7) is 4.07. The number of piperazine rings is 1. The first kappa shape index (κ1) is 22.9. The van der Waals surface area contributed by atoms with Crippen LogP contribution < -0.4 is 14.9 Å². The van der Waals surface area contributed by atoms with Gasteiger partial charge in [-0.15, -0.1) is 0 Å². The van der Waals surface area contributed by atoms with Crippen LogP contribution in [0.4, 0.5) is 11.4 Å². The van der Waals surface area contributed by atoms with E-state index in [1.54, 1.807) is 24.0 Å². The fourth-order valence-corrected chi connectivity index (χ4v) is 4.13. The average Bonchev–Trinajstić information content (AvgIpc) is 2.72. The minimum absolute atomic E-state index is 0.126. The summed E-state index contributed by atoms with van der Waals surface area (Å²) in [6, 6.07) is 12.3. The first-order valence-electron chi connectivity index (χ1n) is 9.77. The molecule has 1 fully saturated rings. The third-order valence-corrected chi connectivity index (χ3v) is 5.83. The summed E-state index contributed by atoms with van der Waals surface area (Å²) in [6.07, 6.45) is 1.05.